The molecule has 1 heterocycles. The standard InChI is InChI=1S/C13H24N2O/c1-3-5-9-15-10-8-14-13(15)7-6-12-16-11-4-2/h8,10H,3-7,9,11-12H2,1-2H3/p+1. The van der Waals surface area contributed by atoms with Crippen LogP contribution in [-0.2, 0) is 17.7 Å². The largest absolute Gasteiger partial charge is 0.381 e. The zero-order chi connectivity index (χ0) is 11.6. The van der Waals surface area contributed by atoms with Crippen molar-refractivity contribution in [3.8, 4) is 0 Å². The van der Waals surface area contributed by atoms with Crippen LogP contribution < -0.4 is 4.57 Å². The Bertz CT molecular complexity index is 271. The number of ether oxygens (including phenoxy) is 1. The molecule has 0 unspecified atom stereocenters. The normalized spacial score (nSPS) is 10.9. The molecule has 3 heteroatoms. The van der Waals surface area contributed by atoms with E-state index in [0.717, 1.165) is 39.0 Å². The van der Waals surface area contributed by atoms with Crippen LogP contribution in [0.3, 0.4) is 0 Å². The van der Waals surface area contributed by atoms with Gasteiger partial charge in [0, 0.05) is 13.2 Å². The lowest BCUT2D eigenvalue weighted by Crippen LogP contribution is -2.36. The molecule has 0 saturated heterocycles. The Morgan fingerprint density at radius 1 is 1.19 bits per heavy atom. The minimum atomic E-state index is 0.876. The second-order valence-electron chi connectivity index (χ2n) is 4.17. The van der Waals surface area contributed by atoms with Crippen molar-refractivity contribution in [2.75, 3.05) is 13.2 Å². The van der Waals surface area contributed by atoms with Gasteiger partial charge < -0.3 is 4.74 Å². The maximum absolute atomic E-state index is 5.48. The SMILES string of the molecule is CCCC[n+]1cc[nH]c1CCCOCCC. The number of hydrogen-bond acceptors (Lipinski definition) is 1. The number of rotatable bonds is 9. The van der Waals surface area contributed by atoms with Gasteiger partial charge in [0.2, 0.25) is 0 Å². The number of aromatic amines is 1. The number of H-pyrrole nitrogens is 1. The molecule has 0 aliphatic carbocycles. The molecule has 0 aliphatic rings. The predicted octanol–water partition coefficient (Wildman–Crippen LogP) is 2.46. The van der Waals surface area contributed by atoms with Crippen molar-refractivity contribution in [3.63, 3.8) is 0 Å². The molecule has 0 fully saturated rings. The highest BCUT2D eigenvalue weighted by Crippen LogP contribution is 1.96. The average Bonchev–Trinajstić information content (AvgIpc) is 2.74. The van der Waals surface area contributed by atoms with E-state index in [9.17, 15) is 0 Å². The van der Waals surface area contributed by atoms with Gasteiger partial charge in [-0.2, -0.15) is 0 Å². The van der Waals surface area contributed by atoms with Gasteiger partial charge in [-0.25, -0.2) is 9.55 Å². The molecule has 0 bridgehead atoms. The molecule has 16 heavy (non-hydrogen) atoms. The summed E-state index contributed by atoms with van der Waals surface area (Å²) < 4.78 is 7.80. The monoisotopic (exact) mass is 225 g/mol. The minimum absolute atomic E-state index is 0.876. The molecule has 0 aromatic carbocycles. The van der Waals surface area contributed by atoms with Gasteiger partial charge in [-0.1, -0.05) is 20.3 Å². The van der Waals surface area contributed by atoms with Gasteiger partial charge in [0.25, 0.3) is 5.82 Å². The lowest BCUT2D eigenvalue weighted by atomic mass is 10.3. The van der Waals surface area contributed by atoms with E-state index in [-0.39, 0.29) is 0 Å². The molecular formula is C13H25N2O+. The van der Waals surface area contributed by atoms with Crippen LogP contribution in [0, 0.1) is 0 Å². The summed E-state index contributed by atoms with van der Waals surface area (Å²) in [6.07, 6.45) is 9.96. The van der Waals surface area contributed by atoms with Gasteiger partial charge in [0.1, 0.15) is 12.4 Å². The van der Waals surface area contributed by atoms with E-state index in [4.69, 9.17) is 4.74 Å². The highest BCUT2D eigenvalue weighted by Gasteiger charge is 2.08. The summed E-state index contributed by atoms with van der Waals surface area (Å²) >= 11 is 0. The van der Waals surface area contributed by atoms with E-state index < -0.39 is 0 Å². The highest BCUT2D eigenvalue weighted by molar-refractivity contribution is 4.77. The minimum Gasteiger partial charge on any atom is -0.381 e. The molecule has 1 rings (SSSR count). The van der Waals surface area contributed by atoms with Crippen molar-refractivity contribution >= 4 is 0 Å². The van der Waals surface area contributed by atoms with Gasteiger partial charge in [-0.3, -0.25) is 0 Å². The molecular weight excluding hydrogens is 200 g/mol. The van der Waals surface area contributed by atoms with Crippen molar-refractivity contribution in [2.24, 2.45) is 0 Å². The zero-order valence-corrected chi connectivity index (χ0v) is 10.7. The first-order chi connectivity index (χ1) is 7.88. The molecule has 0 radical (unpaired) electrons. The van der Waals surface area contributed by atoms with Crippen LogP contribution >= 0.6 is 0 Å². The number of unbranched alkanes of at least 4 members (excludes halogenated alkanes) is 1. The molecule has 0 spiro atoms. The summed E-state index contributed by atoms with van der Waals surface area (Å²) in [5.74, 6) is 1.33. The van der Waals surface area contributed by atoms with E-state index in [2.05, 4.69) is 29.6 Å². The number of nitrogens with one attached hydrogen (secondary N) is 1. The number of aryl methyl sites for hydroxylation is 2. The van der Waals surface area contributed by atoms with Crippen LogP contribution in [-0.4, -0.2) is 18.2 Å². The molecule has 0 aliphatic heterocycles. The maximum atomic E-state index is 5.48. The van der Waals surface area contributed by atoms with Gasteiger partial charge >= 0.3 is 0 Å². The number of aromatic nitrogens is 2. The van der Waals surface area contributed by atoms with Crippen LogP contribution in [0.2, 0.25) is 0 Å². The third-order valence-corrected chi connectivity index (χ3v) is 2.65. The molecule has 0 amide bonds. The Kier molecular flexibility index (Phi) is 6.90. The van der Waals surface area contributed by atoms with Crippen LogP contribution in [0.1, 0.15) is 45.4 Å². The Balaban J connectivity index is 2.22. The molecule has 92 valence electrons. The Morgan fingerprint density at radius 2 is 2.06 bits per heavy atom. The quantitative estimate of drug-likeness (QED) is 0.507. The fourth-order valence-electron chi connectivity index (χ4n) is 1.74. The van der Waals surface area contributed by atoms with Crippen LogP contribution in [0.25, 0.3) is 0 Å². The van der Waals surface area contributed by atoms with Crippen LogP contribution in [0.15, 0.2) is 12.4 Å². The van der Waals surface area contributed by atoms with Gasteiger partial charge in [-0.05, 0) is 19.3 Å². The summed E-state index contributed by atoms with van der Waals surface area (Å²) in [5.41, 5.74) is 0. The summed E-state index contributed by atoms with van der Waals surface area (Å²) in [6.45, 7) is 7.27. The average molecular weight is 225 g/mol. The number of nitrogens with zero attached hydrogens (tertiary/aromatic N) is 1. The van der Waals surface area contributed by atoms with Gasteiger partial charge in [-0.15, -0.1) is 0 Å². The number of hydrogen-bond donors (Lipinski definition) is 1. The van der Waals surface area contributed by atoms with Crippen molar-refractivity contribution in [3.05, 3.63) is 18.2 Å². The van der Waals surface area contributed by atoms with Crippen LogP contribution in [0.4, 0.5) is 0 Å². The first-order valence-electron chi connectivity index (χ1n) is 6.52. The molecule has 3 nitrogen and oxygen atoms in total. The molecule has 1 aromatic rings. The smallest absolute Gasteiger partial charge is 0.254 e. The fraction of sp³-hybridized carbons (Fsp3) is 0.769. The highest BCUT2D eigenvalue weighted by atomic mass is 16.5. The Labute approximate surface area is 98.8 Å². The third kappa shape index (κ3) is 4.79. The Hall–Kier alpha value is -0.830. The first-order valence-corrected chi connectivity index (χ1v) is 6.52. The maximum Gasteiger partial charge on any atom is 0.254 e. The molecule has 0 saturated carbocycles. The molecule has 0 atom stereocenters. The second kappa shape index (κ2) is 8.34. The van der Waals surface area contributed by atoms with E-state index >= 15 is 0 Å². The van der Waals surface area contributed by atoms with Crippen molar-refractivity contribution in [1.82, 2.24) is 4.98 Å². The number of imidazole rings is 1. The van der Waals surface area contributed by atoms with Gasteiger partial charge in [0.15, 0.2) is 0 Å². The third-order valence-electron chi connectivity index (χ3n) is 2.65. The first kappa shape index (κ1) is 13.2. The zero-order valence-electron chi connectivity index (χ0n) is 10.7. The second-order valence-corrected chi connectivity index (χ2v) is 4.17. The molecule has 1 aromatic heterocycles. The Morgan fingerprint density at radius 3 is 2.81 bits per heavy atom. The lowest BCUT2D eigenvalue weighted by Gasteiger charge is -2.01. The van der Waals surface area contributed by atoms with Crippen molar-refractivity contribution in [2.45, 2.75) is 52.5 Å². The van der Waals surface area contributed by atoms with E-state index in [1.807, 2.05) is 6.20 Å². The lowest BCUT2D eigenvalue weighted by molar-refractivity contribution is -0.703. The van der Waals surface area contributed by atoms with Crippen molar-refractivity contribution in [1.29, 1.82) is 0 Å². The van der Waals surface area contributed by atoms with Crippen molar-refractivity contribution < 1.29 is 9.30 Å². The van der Waals surface area contributed by atoms with Crippen LogP contribution in [0.5, 0.6) is 0 Å². The van der Waals surface area contributed by atoms with E-state index in [1.54, 1.807) is 0 Å². The fourth-order valence-corrected chi connectivity index (χ4v) is 1.74. The van der Waals surface area contributed by atoms with E-state index in [0.29, 0.717) is 0 Å². The summed E-state index contributed by atoms with van der Waals surface area (Å²) in [6, 6.07) is 0. The summed E-state index contributed by atoms with van der Waals surface area (Å²) in [7, 11) is 0. The molecule has 1 N–H and O–H groups in total. The summed E-state index contributed by atoms with van der Waals surface area (Å²) in [4.78, 5) is 3.31. The topological polar surface area (TPSA) is 28.9 Å². The van der Waals surface area contributed by atoms with Gasteiger partial charge in [0.05, 0.1) is 13.0 Å². The van der Waals surface area contributed by atoms with E-state index in [1.165, 1.54) is 18.7 Å². The summed E-state index contributed by atoms with van der Waals surface area (Å²) in [5, 5.41) is 0. The predicted molar refractivity (Wildman–Crippen MR) is 65.3 cm³/mol.